The van der Waals surface area contributed by atoms with Gasteiger partial charge in [0.25, 0.3) is 0 Å². The topological polar surface area (TPSA) is 93.5 Å². The van der Waals surface area contributed by atoms with Crippen molar-refractivity contribution in [2.45, 2.75) is 55.0 Å². The van der Waals surface area contributed by atoms with Crippen molar-refractivity contribution in [2.75, 3.05) is 6.61 Å². The third kappa shape index (κ3) is 4.41. The van der Waals surface area contributed by atoms with E-state index in [1.54, 1.807) is 36.4 Å². The standard InChI is InChI=1S/C29H27FN4O3S/c1-17-10-11-20(18(2)14-17)15-21-16-37-34-28(31-21)26-23-6-3-4-8-24(23)32-33-29(26)38(35,36)25-9-5-7-22(27(25)30)19-12-13-19/h3-11,14,19,21H,12-13,15-16H2,1-2H3,(H,31,34). The molecule has 1 unspecified atom stereocenters. The first kappa shape index (κ1) is 24.5. The number of aromatic nitrogens is 2. The van der Waals surface area contributed by atoms with Gasteiger partial charge in [-0.25, -0.2) is 12.8 Å². The molecule has 1 aliphatic carbocycles. The number of nitrogens with one attached hydrogen (secondary N) is 1. The van der Waals surface area contributed by atoms with E-state index in [-0.39, 0.29) is 28.4 Å². The van der Waals surface area contributed by atoms with E-state index in [1.807, 2.05) is 0 Å². The largest absolute Gasteiger partial charge is 0.392 e. The van der Waals surface area contributed by atoms with Gasteiger partial charge in [0.2, 0.25) is 9.84 Å². The maximum atomic E-state index is 15.5. The molecule has 4 aromatic rings. The van der Waals surface area contributed by atoms with Crippen LogP contribution in [0.25, 0.3) is 10.9 Å². The minimum atomic E-state index is -4.38. The zero-order valence-corrected chi connectivity index (χ0v) is 21.9. The van der Waals surface area contributed by atoms with Crippen LogP contribution in [0.1, 0.15) is 46.6 Å². The summed E-state index contributed by atoms with van der Waals surface area (Å²) >= 11 is 0. The molecule has 1 aliphatic heterocycles. The summed E-state index contributed by atoms with van der Waals surface area (Å²) < 4.78 is 43.4. The normalized spacial score (nSPS) is 17.6. The molecule has 1 N–H and O–H groups in total. The lowest BCUT2D eigenvalue weighted by atomic mass is 9.99. The van der Waals surface area contributed by atoms with E-state index in [0.717, 1.165) is 18.4 Å². The number of halogens is 1. The minimum Gasteiger partial charge on any atom is -0.392 e. The molecule has 3 aromatic carbocycles. The van der Waals surface area contributed by atoms with E-state index in [0.29, 0.717) is 29.5 Å². The van der Waals surface area contributed by atoms with Gasteiger partial charge in [0.1, 0.15) is 17.3 Å². The first-order valence-electron chi connectivity index (χ1n) is 12.6. The summed E-state index contributed by atoms with van der Waals surface area (Å²) in [5.41, 5.74) is 4.64. The first-order valence-corrected chi connectivity index (χ1v) is 14.1. The van der Waals surface area contributed by atoms with Crippen molar-refractivity contribution in [3.8, 4) is 0 Å². The smallest absolute Gasteiger partial charge is 0.229 e. The summed E-state index contributed by atoms with van der Waals surface area (Å²) in [6.45, 7) is 4.43. The fraction of sp³-hybridized carbons (Fsp3) is 0.276. The number of rotatable bonds is 6. The van der Waals surface area contributed by atoms with Crippen LogP contribution in [0.15, 0.2) is 75.7 Å². The molecule has 1 saturated carbocycles. The third-order valence-electron chi connectivity index (χ3n) is 7.16. The van der Waals surface area contributed by atoms with Gasteiger partial charge in [0, 0.05) is 5.39 Å². The lowest BCUT2D eigenvalue weighted by Gasteiger charge is -2.26. The Kier molecular flexibility index (Phi) is 6.10. The van der Waals surface area contributed by atoms with Crippen LogP contribution in [-0.2, 0) is 21.1 Å². The maximum absolute atomic E-state index is 15.5. The van der Waals surface area contributed by atoms with E-state index in [9.17, 15) is 8.42 Å². The van der Waals surface area contributed by atoms with Crippen LogP contribution < -0.4 is 5.32 Å². The summed E-state index contributed by atoms with van der Waals surface area (Å²) in [5.74, 6) is -0.441. The molecule has 38 heavy (non-hydrogen) atoms. The number of hydrogen-bond acceptors (Lipinski definition) is 7. The highest BCUT2D eigenvalue weighted by Gasteiger charge is 2.35. The van der Waals surface area contributed by atoms with Gasteiger partial charge in [-0.1, -0.05) is 59.3 Å². The van der Waals surface area contributed by atoms with Crippen molar-refractivity contribution < 1.29 is 17.6 Å². The predicted molar refractivity (Wildman–Crippen MR) is 142 cm³/mol. The van der Waals surface area contributed by atoms with Gasteiger partial charge in [-0.3, -0.25) is 0 Å². The molecule has 194 valence electrons. The van der Waals surface area contributed by atoms with Crippen molar-refractivity contribution in [3.05, 3.63) is 94.3 Å². The van der Waals surface area contributed by atoms with Crippen LogP contribution in [0.5, 0.6) is 0 Å². The highest BCUT2D eigenvalue weighted by Crippen LogP contribution is 2.43. The number of nitrogens with zero attached hydrogens (tertiary/aromatic N) is 3. The summed E-state index contributed by atoms with van der Waals surface area (Å²) in [5, 5.41) is 16.0. The van der Waals surface area contributed by atoms with Crippen LogP contribution in [-0.4, -0.2) is 37.1 Å². The highest BCUT2D eigenvalue weighted by atomic mass is 32.2. The maximum Gasteiger partial charge on any atom is 0.229 e. The Morgan fingerprint density at radius 1 is 1.03 bits per heavy atom. The molecule has 7 nitrogen and oxygen atoms in total. The number of aryl methyl sites for hydroxylation is 2. The first-order chi connectivity index (χ1) is 18.3. The van der Waals surface area contributed by atoms with Crippen LogP contribution in [0.3, 0.4) is 0 Å². The van der Waals surface area contributed by atoms with Gasteiger partial charge in [-0.05, 0) is 67.9 Å². The molecule has 2 aliphatic rings. The number of oxime groups is 1. The summed E-state index contributed by atoms with van der Waals surface area (Å²) in [7, 11) is -4.38. The van der Waals surface area contributed by atoms with Gasteiger partial charge in [-0.15, -0.1) is 10.2 Å². The second kappa shape index (κ2) is 9.47. The lowest BCUT2D eigenvalue weighted by Crippen LogP contribution is -2.44. The van der Waals surface area contributed by atoms with E-state index >= 15 is 4.39 Å². The number of fused-ring (bicyclic) bond motifs is 1. The average molecular weight is 531 g/mol. The molecule has 1 fully saturated rings. The summed E-state index contributed by atoms with van der Waals surface area (Å²) in [6, 6.07) is 17.7. The molecule has 0 amide bonds. The Bertz CT molecular complexity index is 1700. The van der Waals surface area contributed by atoms with E-state index in [2.05, 4.69) is 52.7 Å². The highest BCUT2D eigenvalue weighted by molar-refractivity contribution is 7.91. The van der Waals surface area contributed by atoms with Crippen molar-refractivity contribution in [2.24, 2.45) is 5.16 Å². The number of sulfone groups is 1. The number of hydrogen-bond donors (Lipinski definition) is 1. The third-order valence-corrected chi connectivity index (χ3v) is 8.85. The molecule has 6 rings (SSSR count). The van der Waals surface area contributed by atoms with Gasteiger partial charge in [0.15, 0.2) is 10.9 Å². The zero-order chi connectivity index (χ0) is 26.4. The van der Waals surface area contributed by atoms with Crippen molar-refractivity contribution in [1.82, 2.24) is 15.5 Å². The molecule has 9 heteroatoms. The molecule has 0 spiro atoms. The zero-order valence-electron chi connectivity index (χ0n) is 21.1. The second-order valence-corrected chi connectivity index (χ2v) is 11.9. The van der Waals surface area contributed by atoms with Crippen LogP contribution in [0, 0.1) is 19.7 Å². The Morgan fingerprint density at radius 2 is 1.84 bits per heavy atom. The average Bonchev–Trinajstić information content (AvgIpc) is 3.75. The molecular weight excluding hydrogens is 503 g/mol. The number of amidine groups is 1. The predicted octanol–water partition coefficient (Wildman–Crippen LogP) is 4.99. The minimum absolute atomic E-state index is 0.0519. The Balaban J connectivity index is 1.44. The molecule has 0 saturated heterocycles. The van der Waals surface area contributed by atoms with Gasteiger partial charge < -0.3 is 10.2 Å². The van der Waals surface area contributed by atoms with Gasteiger partial charge in [0.05, 0.1) is 17.1 Å². The molecule has 1 aromatic heterocycles. The van der Waals surface area contributed by atoms with E-state index in [4.69, 9.17) is 4.84 Å². The molecule has 2 heterocycles. The quantitative estimate of drug-likeness (QED) is 0.378. The molecule has 0 radical (unpaired) electrons. The molecule has 0 bridgehead atoms. The number of benzene rings is 3. The van der Waals surface area contributed by atoms with Gasteiger partial charge in [-0.2, -0.15) is 0 Å². The lowest BCUT2D eigenvalue weighted by molar-refractivity contribution is 0.109. The summed E-state index contributed by atoms with van der Waals surface area (Å²) in [4.78, 5) is 5.19. The van der Waals surface area contributed by atoms with Crippen molar-refractivity contribution in [1.29, 1.82) is 0 Å². The Morgan fingerprint density at radius 3 is 2.63 bits per heavy atom. The van der Waals surface area contributed by atoms with Crippen molar-refractivity contribution in [3.63, 3.8) is 0 Å². The van der Waals surface area contributed by atoms with Crippen LogP contribution in [0.4, 0.5) is 4.39 Å². The van der Waals surface area contributed by atoms with E-state index < -0.39 is 20.5 Å². The fourth-order valence-electron chi connectivity index (χ4n) is 5.02. The molecule has 1 atom stereocenters. The fourth-order valence-corrected chi connectivity index (χ4v) is 6.47. The Hall–Kier alpha value is -3.85. The van der Waals surface area contributed by atoms with Gasteiger partial charge >= 0.3 is 0 Å². The van der Waals surface area contributed by atoms with Crippen molar-refractivity contribution >= 4 is 26.6 Å². The molecular formula is C29H27FN4O3S. The second-order valence-electron chi connectivity index (χ2n) is 10.0. The summed E-state index contributed by atoms with van der Waals surface area (Å²) in [6.07, 6.45) is 2.35. The Labute approximate surface area is 220 Å². The SMILES string of the molecule is Cc1ccc(CC2CON=C(c3c(S(=O)(=O)c4cccc(C5CC5)c4F)nnc4ccccc34)N2)c(C)c1. The van der Waals surface area contributed by atoms with Crippen LogP contribution >= 0.6 is 0 Å². The monoisotopic (exact) mass is 530 g/mol. The van der Waals surface area contributed by atoms with E-state index in [1.165, 1.54) is 17.2 Å². The van der Waals surface area contributed by atoms with Crippen LogP contribution in [0.2, 0.25) is 0 Å².